The number of benzene rings is 3. The molecular formula is C38H44FN7O3. The Morgan fingerprint density at radius 3 is 2.49 bits per heavy atom. The third-order valence-electron chi connectivity index (χ3n) is 11.9. The largest absolute Gasteiger partial charge is 0.508 e. The number of hydrogen-bond acceptors (Lipinski definition) is 8. The molecule has 10 nitrogen and oxygen atoms in total. The van der Waals surface area contributed by atoms with Gasteiger partial charge in [0.15, 0.2) is 5.82 Å². The highest BCUT2D eigenvalue weighted by Gasteiger charge is 2.46. The van der Waals surface area contributed by atoms with Crippen molar-refractivity contribution in [2.24, 2.45) is 0 Å². The molecule has 0 saturated carbocycles. The smallest absolute Gasteiger partial charge is 0.319 e. The van der Waals surface area contributed by atoms with Crippen molar-refractivity contribution in [1.29, 1.82) is 0 Å². The number of amides is 2. The van der Waals surface area contributed by atoms with Gasteiger partial charge in [-0.2, -0.15) is 9.97 Å². The lowest BCUT2D eigenvalue weighted by Gasteiger charge is -2.42. The van der Waals surface area contributed by atoms with Crippen molar-refractivity contribution in [3.63, 3.8) is 0 Å². The van der Waals surface area contributed by atoms with E-state index < -0.39 is 5.82 Å². The fourth-order valence-corrected chi connectivity index (χ4v) is 9.53. The molecule has 3 aromatic carbocycles. The van der Waals surface area contributed by atoms with Crippen molar-refractivity contribution in [2.75, 3.05) is 57.8 Å². The maximum Gasteiger partial charge on any atom is 0.319 e. The number of carbonyl (C=O) groups is 1. The number of anilines is 1. The number of piperazine rings is 1. The van der Waals surface area contributed by atoms with Crippen LogP contribution < -0.4 is 15.0 Å². The van der Waals surface area contributed by atoms with Crippen LogP contribution in [-0.4, -0.2) is 112 Å². The molecule has 0 spiro atoms. The summed E-state index contributed by atoms with van der Waals surface area (Å²) in [7, 11) is 2.09. The van der Waals surface area contributed by atoms with Gasteiger partial charge in [0.2, 0.25) is 0 Å². The Bertz CT molecular complexity index is 1910. The van der Waals surface area contributed by atoms with E-state index in [1.54, 1.807) is 18.2 Å². The van der Waals surface area contributed by atoms with Gasteiger partial charge in [0, 0.05) is 36.6 Å². The molecule has 11 heteroatoms. The number of likely N-dealkylation sites (tertiary alicyclic amines) is 1. The highest BCUT2D eigenvalue weighted by Crippen LogP contribution is 2.42. The first kappa shape index (κ1) is 30.8. The highest BCUT2D eigenvalue weighted by molar-refractivity contribution is 6.01. The summed E-state index contributed by atoms with van der Waals surface area (Å²) in [5.41, 5.74) is 1.17. The van der Waals surface area contributed by atoms with Crippen LogP contribution >= 0.6 is 0 Å². The molecule has 3 atom stereocenters. The Balaban J connectivity index is 1.08. The van der Waals surface area contributed by atoms with Gasteiger partial charge in [-0.25, -0.2) is 9.18 Å². The standard InChI is InChI=1S/C38H44FN7O3/c1-43-17-12-25(20-43)40-37(48)46-26-8-9-27(46)22-44(21-26)35-31-11-10-30(32-19-28(47)18-24-6-2-3-7-29(24)32)33(39)34(31)41-36(42-35)49-23-38-13-4-15-45(38)16-5-14-38/h2-3,6-7,10-11,18-19,25-27,47H,4-5,8-9,12-17,20-23H2,1H3,(H,40,48)/t25-,26?,27?/m1/s1. The van der Waals surface area contributed by atoms with Crippen molar-refractivity contribution in [1.82, 2.24) is 30.0 Å². The zero-order chi connectivity index (χ0) is 33.3. The average Bonchev–Trinajstić information content (AvgIpc) is 3.86. The van der Waals surface area contributed by atoms with Crippen LogP contribution in [0, 0.1) is 5.82 Å². The number of ether oxygens (including phenoxy) is 1. The summed E-state index contributed by atoms with van der Waals surface area (Å²) >= 11 is 0. The molecule has 49 heavy (non-hydrogen) atoms. The van der Waals surface area contributed by atoms with Crippen LogP contribution in [0.3, 0.4) is 0 Å². The molecule has 0 radical (unpaired) electrons. The Morgan fingerprint density at radius 2 is 1.73 bits per heavy atom. The van der Waals surface area contributed by atoms with E-state index in [2.05, 4.69) is 32.0 Å². The van der Waals surface area contributed by atoms with Gasteiger partial charge < -0.3 is 29.9 Å². The number of aromatic nitrogens is 2. The Kier molecular flexibility index (Phi) is 7.53. The fraction of sp³-hybridized carbons (Fsp3) is 0.500. The minimum absolute atomic E-state index is 0.00836. The molecule has 4 aromatic rings. The number of urea groups is 1. The van der Waals surface area contributed by atoms with Crippen molar-refractivity contribution < 1.29 is 19.0 Å². The predicted octanol–water partition coefficient (Wildman–Crippen LogP) is 5.37. The number of likely N-dealkylation sites (N-methyl/N-ethyl adjacent to an activating group) is 1. The Labute approximate surface area is 285 Å². The molecule has 2 unspecified atom stereocenters. The fourth-order valence-electron chi connectivity index (χ4n) is 9.53. The van der Waals surface area contributed by atoms with E-state index in [4.69, 9.17) is 14.7 Å². The molecule has 2 N–H and O–H groups in total. The topological polar surface area (TPSA) is 97.3 Å². The SMILES string of the molecule is CN1CC[C@@H](NC(=O)N2C3CCC2CN(c2nc(OCC45CCCN4CCC5)nc4c(F)c(-c5cc(O)cc6ccccc56)ccc24)C3)C1. The molecule has 0 aliphatic carbocycles. The van der Waals surface area contributed by atoms with Crippen LogP contribution in [0.15, 0.2) is 48.5 Å². The van der Waals surface area contributed by atoms with E-state index in [1.807, 2.05) is 30.3 Å². The lowest BCUT2D eigenvalue weighted by Crippen LogP contribution is -2.59. The number of nitrogens with one attached hydrogen (secondary N) is 1. The van der Waals surface area contributed by atoms with Crippen LogP contribution in [0.2, 0.25) is 0 Å². The van der Waals surface area contributed by atoms with Crippen molar-refractivity contribution in [3.8, 4) is 22.9 Å². The molecule has 5 saturated heterocycles. The number of nitrogens with zero attached hydrogens (tertiary/aromatic N) is 6. The number of phenolic OH excluding ortho intramolecular Hbond substituents is 1. The summed E-state index contributed by atoms with van der Waals surface area (Å²) in [5, 5.41) is 16.2. The van der Waals surface area contributed by atoms with Gasteiger partial charge in [-0.1, -0.05) is 30.3 Å². The predicted molar refractivity (Wildman–Crippen MR) is 188 cm³/mol. The second-order valence-electron chi connectivity index (χ2n) is 15.0. The first-order valence-electron chi connectivity index (χ1n) is 18.0. The molecule has 2 bridgehead atoms. The van der Waals surface area contributed by atoms with Crippen molar-refractivity contribution in [2.45, 2.75) is 68.6 Å². The van der Waals surface area contributed by atoms with Crippen LogP contribution in [-0.2, 0) is 0 Å². The molecule has 5 aliphatic rings. The van der Waals surface area contributed by atoms with E-state index in [-0.39, 0.29) is 47.0 Å². The molecule has 2 amide bonds. The van der Waals surface area contributed by atoms with Crippen molar-refractivity contribution >= 4 is 33.5 Å². The summed E-state index contributed by atoms with van der Waals surface area (Å²) in [6.07, 6.45) is 7.29. The quantitative estimate of drug-likeness (QED) is 0.284. The minimum Gasteiger partial charge on any atom is -0.508 e. The number of hydrogen-bond donors (Lipinski definition) is 2. The third kappa shape index (κ3) is 5.33. The first-order chi connectivity index (χ1) is 23.8. The average molecular weight is 666 g/mol. The normalized spacial score (nSPS) is 25.1. The van der Waals surface area contributed by atoms with Gasteiger partial charge >= 0.3 is 12.0 Å². The van der Waals surface area contributed by atoms with Crippen molar-refractivity contribution in [3.05, 3.63) is 54.3 Å². The molecule has 256 valence electrons. The molecule has 1 aromatic heterocycles. The van der Waals surface area contributed by atoms with Gasteiger partial charge in [-0.05, 0) is 106 Å². The molecular weight excluding hydrogens is 621 g/mol. The number of phenols is 1. The lowest BCUT2D eigenvalue weighted by molar-refractivity contribution is 0.107. The zero-order valence-electron chi connectivity index (χ0n) is 28.1. The number of rotatable bonds is 6. The Morgan fingerprint density at radius 1 is 0.959 bits per heavy atom. The second kappa shape index (κ2) is 12.0. The summed E-state index contributed by atoms with van der Waals surface area (Å²) < 4.78 is 23.4. The first-order valence-corrected chi connectivity index (χ1v) is 18.0. The monoisotopic (exact) mass is 665 g/mol. The van der Waals surface area contributed by atoms with Crippen LogP contribution in [0.25, 0.3) is 32.8 Å². The van der Waals surface area contributed by atoms with Crippen LogP contribution in [0.1, 0.15) is 44.9 Å². The number of aromatic hydroxyl groups is 1. The zero-order valence-corrected chi connectivity index (χ0v) is 28.1. The highest BCUT2D eigenvalue weighted by atomic mass is 19.1. The molecule has 5 fully saturated rings. The maximum atomic E-state index is 16.9. The van der Waals surface area contributed by atoms with Gasteiger partial charge in [-0.15, -0.1) is 0 Å². The van der Waals surface area contributed by atoms with E-state index in [9.17, 15) is 9.90 Å². The van der Waals surface area contributed by atoms with Gasteiger partial charge in [0.05, 0.1) is 17.6 Å². The molecule has 9 rings (SSSR count). The summed E-state index contributed by atoms with van der Waals surface area (Å²) in [6.45, 7) is 5.74. The van der Waals surface area contributed by atoms with Gasteiger partial charge in [0.1, 0.15) is 23.7 Å². The summed E-state index contributed by atoms with van der Waals surface area (Å²) in [5.74, 6) is 0.258. The minimum atomic E-state index is -0.467. The number of fused-ring (bicyclic) bond motifs is 5. The summed E-state index contributed by atoms with van der Waals surface area (Å²) in [4.78, 5) is 32.3. The molecule has 6 heterocycles. The number of carbonyl (C=O) groups excluding carboxylic acids is 1. The lowest BCUT2D eigenvalue weighted by atomic mass is 9.95. The summed E-state index contributed by atoms with van der Waals surface area (Å²) in [6, 6.07) is 15.1. The van der Waals surface area contributed by atoms with Crippen LogP contribution in [0.5, 0.6) is 11.8 Å². The van der Waals surface area contributed by atoms with E-state index in [0.29, 0.717) is 42.0 Å². The second-order valence-corrected chi connectivity index (χ2v) is 15.0. The third-order valence-corrected chi connectivity index (χ3v) is 11.9. The number of halogens is 1. The van der Waals surface area contributed by atoms with Gasteiger partial charge in [0.25, 0.3) is 0 Å². The van der Waals surface area contributed by atoms with E-state index in [0.717, 1.165) is 81.9 Å². The van der Waals surface area contributed by atoms with E-state index in [1.165, 1.54) is 0 Å². The van der Waals surface area contributed by atoms with Gasteiger partial charge in [-0.3, -0.25) is 4.90 Å². The van der Waals surface area contributed by atoms with Crippen LogP contribution in [0.4, 0.5) is 15.0 Å². The molecule has 5 aliphatic heterocycles. The maximum absolute atomic E-state index is 16.9. The Hall–Kier alpha value is -4.22. The van der Waals surface area contributed by atoms with E-state index >= 15 is 4.39 Å².